The lowest BCUT2D eigenvalue weighted by Gasteiger charge is -2.30. The maximum Gasteiger partial charge on any atom is 0.135 e. The van der Waals surface area contributed by atoms with E-state index < -0.39 is 0 Å². The molecule has 0 saturated carbocycles. The summed E-state index contributed by atoms with van der Waals surface area (Å²) >= 11 is 0. The molecule has 4 heteroatoms. The molecule has 100 valence electrons. The average Bonchev–Trinajstić information content (AvgIpc) is 2.84. The van der Waals surface area contributed by atoms with E-state index in [2.05, 4.69) is 27.1 Å². The van der Waals surface area contributed by atoms with Crippen LogP contribution < -0.4 is 10.2 Å². The van der Waals surface area contributed by atoms with Gasteiger partial charge >= 0.3 is 0 Å². The molecule has 1 aromatic rings. The largest absolute Gasteiger partial charge is 0.354 e. The van der Waals surface area contributed by atoms with Crippen molar-refractivity contribution in [1.29, 1.82) is 0 Å². The predicted molar refractivity (Wildman–Crippen MR) is 75.2 cm³/mol. The van der Waals surface area contributed by atoms with Crippen molar-refractivity contribution in [2.45, 2.75) is 39.5 Å². The highest BCUT2D eigenvalue weighted by Gasteiger charge is 2.26. The number of anilines is 1. The molecule has 0 radical (unpaired) electrons. The quantitative estimate of drug-likeness (QED) is 0.825. The first-order valence-corrected chi connectivity index (χ1v) is 7.15. The molecule has 1 fully saturated rings. The third-order valence-electron chi connectivity index (χ3n) is 3.67. The summed E-state index contributed by atoms with van der Waals surface area (Å²) in [7, 11) is 0. The standard InChI is InChI=1S/C12H18N4.C2H6/c1-9-2-3-10-11(9)12(15-8-14-10)16-6-4-13-5-7-16;1-2/h8-9,13H,2-7H2,1H3;1-2H3. The van der Waals surface area contributed by atoms with E-state index in [1.54, 1.807) is 6.33 Å². The Morgan fingerprint density at radius 2 is 1.94 bits per heavy atom. The highest BCUT2D eigenvalue weighted by molar-refractivity contribution is 5.52. The highest BCUT2D eigenvalue weighted by atomic mass is 15.2. The van der Waals surface area contributed by atoms with Gasteiger partial charge in [0.2, 0.25) is 0 Å². The van der Waals surface area contributed by atoms with Gasteiger partial charge in [0.25, 0.3) is 0 Å². The second-order valence-electron chi connectivity index (χ2n) is 4.73. The van der Waals surface area contributed by atoms with Gasteiger partial charge < -0.3 is 10.2 Å². The van der Waals surface area contributed by atoms with Gasteiger partial charge in [-0.3, -0.25) is 0 Å². The maximum absolute atomic E-state index is 4.51. The second kappa shape index (κ2) is 6.14. The lowest BCUT2D eigenvalue weighted by atomic mass is 10.1. The number of nitrogens with zero attached hydrogens (tertiary/aromatic N) is 3. The molecule has 2 heterocycles. The Labute approximate surface area is 110 Å². The van der Waals surface area contributed by atoms with Crippen molar-refractivity contribution in [3.8, 4) is 0 Å². The average molecular weight is 248 g/mol. The lowest BCUT2D eigenvalue weighted by Crippen LogP contribution is -2.44. The van der Waals surface area contributed by atoms with E-state index >= 15 is 0 Å². The molecule has 1 aromatic heterocycles. The van der Waals surface area contributed by atoms with Crippen LogP contribution in [0.5, 0.6) is 0 Å². The second-order valence-corrected chi connectivity index (χ2v) is 4.73. The fraction of sp³-hybridized carbons (Fsp3) is 0.714. The molecule has 1 aliphatic carbocycles. The molecule has 1 saturated heterocycles. The van der Waals surface area contributed by atoms with Crippen molar-refractivity contribution in [1.82, 2.24) is 15.3 Å². The molecule has 18 heavy (non-hydrogen) atoms. The Hall–Kier alpha value is -1.16. The van der Waals surface area contributed by atoms with Gasteiger partial charge in [0.05, 0.1) is 0 Å². The summed E-state index contributed by atoms with van der Waals surface area (Å²) in [5.74, 6) is 1.82. The topological polar surface area (TPSA) is 41.1 Å². The number of nitrogens with one attached hydrogen (secondary N) is 1. The number of rotatable bonds is 1. The van der Waals surface area contributed by atoms with E-state index in [9.17, 15) is 0 Å². The van der Waals surface area contributed by atoms with Crippen LogP contribution in [0, 0.1) is 0 Å². The van der Waals surface area contributed by atoms with Gasteiger partial charge in [0.15, 0.2) is 0 Å². The molecule has 0 aromatic carbocycles. The van der Waals surface area contributed by atoms with E-state index in [4.69, 9.17) is 0 Å². The van der Waals surface area contributed by atoms with E-state index in [0.717, 1.165) is 32.6 Å². The zero-order chi connectivity index (χ0) is 13.0. The number of hydrogen-bond donors (Lipinski definition) is 1. The molecule has 1 N–H and O–H groups in total. The Morgan fingerprint density at radius 1 is 1.22 bits per heavy atom. The van der Waals surface area contributed by atoms with Crippen LogP contribution in [0.15, 0.2) is 6.33 Å². The molecule has 1 atom stereocenters. The summed E-state index contributed by atoms with van der Waals surface area (Å²) in [6, 6.07) is 0. The summed E-state index contributed by atoms with van der Waals surface area (Å²) in [5.41, 5.74) is 2.68. The molecule has 4 nitrogen and oxygen atoms in total. The van der Waals surface area contributed by atoms with Gasteiger partial charge in [-0.15, -0.1) is 0 Å². The van der Waals surface area contributed by atoms with Crippen molar-refractivity contribution in [3.63, 3.8) is 0 Å². The molecule has 0 spiro atoms. The normalized spacial score (nSPS) is 22.2. The smallest absolute Gasteiger partial charge is 0.135 e. The number of aryl methyl sites for hydroxylation is 1. The monoisotopic (exact) mass is 248 g/mol. The van der Waals surface area contributed by atoms with Gasteiger partial charge in [0.1, 0.15) is 12.1 Å². The van der Waals surface area contributed by atoms with Crippen LogP contribution in [0.1, 0.15) is 44.4 Å². The molecular weight excluding hydrogens is 224 g/mol. The number of piperazine rings is 1. The molecule has 0 bridgehead atoms. The molecule has 2 aliphatic rings. The molecule has 0 amide bonds. The Morgan fingerprint density at radius 3 is 2.67 bits per heavy atom. The number of fused-ring (bicyclic) bond motifs is 1. The Bertz CT molecular complexity index is 385. The van der Waals surface area contributed by atoms with Crippen LogP contribution in [0.25, 0.3) is 0 Å². The van der Waals surface area contributed by atoms with Crippen LogP contribution in [0.3, 0.4) is 0 Å². The number of aromatic nitrogens is 2. The van der Waals surface area contributed by atoms with Crippen LogP contribution in [0.2, 0.25) is 0 Å². The van der Waals surface area contributed by atoms with Crippen LogP contribution >= 0.6 is 0 Å². The molecule has 3 rings (SSSR count). The SMILES string of the molecule is CC.CC1CCc2ncnc(N3CCNCC3)c21. The highest BCUT2D eigenvalue weighted by Crippen LogP contribution is 2.36. The first-order chi connectivity index (χ1) is 8.86. The van der Waals surface area contributed by atoms with Gasteiger partial charge in [-0.05, 0) is 18.8 Å². The van der Waals surface area contributed by atoms with Crippen molar-refractivity contribution in [3.05, 3.63) is 17.6 Å². The third-order valence-corrected chi connectivity index (χ3v) is 3.67. The van der Waals surface area contributed by atoms with Gasteiger partial charge in [-0.25, -0.2) is 9.97 Å². The third kappa shape index (κ3) is 2.48. The lowest BCUT2D eigenvalue weighted by molar-refractivity contribution is 0.581. The van der Waals surface area contributed by atoms with E-state index in [0.29, 0.717) is 5.92 Å². The first kappa shape index (κ1) is 13.3. The van der Waals surface area contributed by atoms with Gasteiger partial charge in [-0.1, -0.05) is 20.8 Å². The minimum atomic E-state index is 0.626. The fourth-order valence-corrected chi connectivity index (χ4v) is 2.75. The Kier molecular flexibility index (Phi) is 4.53. The first-order valence-electron chi connectivity index (χ1n) is 7.15. The van der Waals surface area contributed by atoms with Crippen LogP contribution in [-0.2, 0) is 6.42 Å². The summed E-state index contributed by atoms with van der Waals surface area (Å²) in [5, 5.41) is 3.38. The molecular formula is C14H24N4. The summed E-state index contributed by atoms with van der Waals surface area (Å²) in [6.07, 6.45) is 4.08. The van der Waals surface area contributed by atoms with Gasteiger partial charge in [0, 0.05) is 37.4 Å². The van der Waals surface area contributed by atoms with E-state index in [1.165, 1.54) is 23.5 Å². The summed E-state index contributed by atoms with van der Waals surface area (Å²) in [6.45, 7) is 10.5. The maximum atomic E-state index is 4.51. The summed E-state index contributed by atoms with van der Waals surface area (Å²) < 4.78 is 0. The van der Waals surface area contributed by atoms with Crippen LogP contribution in [0.4, 0.5) is 5.82 Å². The minimum Gasteiger partial charge on any atom is -0.354 e. The fourth-order valence-electron chi connectivity index (χ4n) is 2.75. The minimum absolute atomic E-state index is 0.626. The molecule has 1 aliphatic heterocycles. The van der Waals surface area contributed by atoms with Crippen molar-refractivity contribution < 1.29 is 0 Å². The van der Waals surface area contributed by atoms with E-state index in [1.807, 2.05) is 13.8 Å². The predicted octanol–water partition coefficient (Wildman–Crippen LogP) is 1.96. The van der Waals surface area contributed by atoms with E-state index in [-0.39, 0.29) is 0 Å². The van der Waals surface area contributed by atoms with Crippen molar-refractivity contribution in [2.75, 3.05) is 31.1 Å². The number of hydrogen-bond acceptors (Lipinski definition) is 4. The van der Waals surface area contributed by atoms with Crippen molar-refractivity contribution >= 4 is 5.82 Å². The zero-order valence-corrected chi connectivity index (χ0v) is 11.7. The Balaban J connectivity index is 0.000000574. The molecule has 1 unspecified atom stereocenters. The van der Waals surface area contributed by atoms with Crippen LogP contribution in [-0.4, -0.2) is 36.1 Å². The zero-order valence-electron chi connectivity index (χ0n) is 11.7. The van der Waals surface area contributed by atoms with Gasteiger partial charge in [-0.2, -0.15) is 0 Å². The van der Waals surface area contributed by atoms with Crippen molar-refractivity contribution in [2.24, 2.45) is 0 Å². The summed E-state index contributed by atoms with van der Waals surface area (Å²) in [4.78, 5) is 11.3.